The molecule has 0 bridgehead atoms. The zero-order valence-corrected chi connectivity index (χ0v) is 20.4. The minimum atomic E-state index is -0.117. The van der Waals surface area contributed by atoms with Crippen LogP contribution in [-0.4, -0.2) is 23.8 Å². The standard InChI is InChI=1S/C29H25N3O2S/c1-20(21-9-5-3-6-10-21)31-28(33)19-35-29-26(18-30)25(22-13-15-24(34-2)16-14-22)17-27(32-29)23-11-7-4-8-12-23/h3-17,20H,19H2,1-2H3,(H,31,33)/t20-/m0/s1. The van der Waals surface area contributed by atoms with Gasteiger partial charge in [-0.15, -0.1) is 0 Å². The summed E-state index contributed by atoms with van der Waals surface area (Å²) in [5.41, 5.74) is 4.82. The van der Waals surface area contributed by atoms with E-state index >= 15 is 0 Å². The molecule has 1 N–H and O–H groups in total. The number of methoxy groups -OCH3 is 1. The molecule has 1 atom stereocenters. The predicted octanol–water partition coefficient (Wildman–Crippen LogP) is 6.27. The number of pyridine rings is 1. The number of aromatic nitrogens is 1. The van der Waals surface area contributed by atoms with Crippen molar-refractivity contribution in [2.75, 3.05) is 12.9 Å². The summed E-state index contributed by atoms with van der Waals surface area (Å²) in [6.07, 6.45) is 0. The molecule has 0 unspecified atom stereocenters. The molecular weight excluding hydrogens is 454 g/mol. The molecule has 0 fully saturated rings. The molecule has 0 spiro atoms. The van der Waals surface area contributed by atoms with Crippen molar-refractivity contribution in [1.29, 1.82) is 5.26 Å². The summed E-state index contributed by atoms with van der Waals surface area (Å²) in [7, 11) is 1.62. The Labute approximate surface area is 209 Å². The summed E-state index contributed by atoms with van der Waals surface area (Å²) < 4.78 is 5.28. The Morgan fingerprint density at radius 3 is 2.29 bits per heavy atom. The van der Waals surface area contributed by atoms with Crippen molar-refractivity contribution < 1.29 is 9.53 Å². The third kappa shape index (κ3) is 5.89. The van der Waals surface area contributed by atoms with Gasteiger partial charge in [-0.25, -0.2) is 4.98 Å². The fourth-order valence-electron chi connectivity index (χ4n) is 3.73. The van der Waals surface area contributed by atoms with Crippen molar-refractivity contribution in [2.24, 2.45) is 0 Å². The minimum absolute atomic E-state index is 0.113. The summed E-state index contributed by atoms with van der Waals surface area (Å²) in [6, 6.07) is 31.3. The molecule has 0 aliphatic carbocycles. The SMILES string of the molecule is COc1ccc(-c2cc(-c3ccccc3)nc(SCC(=O)N[C@@H](C)c3ccccc3)c2C#N)cc1. The second-order valence-corrected chi connectivity index (χ2v) is 8.89. The highest BCUT2D eigenvalue weighted by molar-refractivity contribution is 8.00. The van der Waals surface area contributed by atoms with E-state index in [2.05, 4.69) is 11.4 Å². The van der Waals surface area contributed by atoms with Gasteiger partial charge in [0.05, 0.1) is 30.2 Å². The number of nitrogens with zero attached hydrogens (tertiary/aromatic N) is 2. The molecule has 4 rings (SSSR count). The maximum absolute atomic E-state index is 12.7. The molecule has 0 radical (unpaired) electrons. The van der Waals surface area contributed by atoms with Gasteiger partial charge < -0.3 is 10.1 Å². The molecule has 1 amide bonds. The maximum atomic E-state index is 12.7. The molecule has 5 nitrogen and oxygen atoms in total. The van der Waals surface area contributed by atoms with E-state index < -0.39 is 0 Å². The Morgan fingerprint density at radius 1 is 1.00 bits per heavy atom. The Kier molecular flexibility index (Phi) is 7.81. The molecule has 1 heterocycles. The second-order valence-electron chi connectivity index (χ2n) is 7.93. The number of nitriles is 1. The largest absolute Gasteiger partial charge is 0.497 e. The average molecular weight is 480 g/mol. The van der Waals surface area contributed by atoms with Crippen molar-refractivity contribution in [3.63, 3.8) is 0 Å². The third-order valence-electron chi connectivity index (χ3n) is 5.59. The monoisotopic (exact) mass is 479 g/mol. The van der Waals surface area contributed by atoms with Gasteiger partial charge in [-0.2, -0.15) is 5.26 Å². The van der Waals surface area contributed by atoms with Crippen LogP contribution in [0.4, 0.5) is 0 Å². The van der Waals surface area contributed by atoms with Crippen LogP contribution >= 0.6 is 11.8 Å². The summed E-state index contributed by atoms with van der Waals surface area (Å²) in [6.45, 7) is 1.95. The summed E-state index contributed by atoms with van der Waals surface area (Å²) in [4.78, 5) is 17.5. The number of thioether (sulfide) groups is 1. The van der Waals surface area contributed by atoms with Gasteiger partial charge in [0.1, 0.15) is 16.8 Å². The number of carbonyl (C=O) groups is 1. The number of rotatable bonds is 8. The van der Waals surface area contributed by atoms with Crippen LogP contribution in [0.1, 0.15) is 24.1 Å². The van der Waals surface area contributed by atoms with Crippen molar-refractivity contribution in [3.8, 4) is 34.2 Å². The highest BCUT2D eigenvalue weighted by Gasteiger charge is 2.18. The topological polar surface area (TPSA) is 75.0 Å². The molecule has 6 heteroatoms. The average Bonchev–Trinajstić information content (AvgIpc) is 2.92. The van der Waals surface area contributed by atoms with Crippen LogP contribution in [0.3, 0.4) is 0 Å². The zero-order chi connectivity index (χ0) is 24.6. The van der Waals surface area contributed by atoms with Gasteiger partial charge in [-0.1, -0.05) is 84.6 Å². The number of ether oxygens (including phenoxy) is 1. The lowest BCUT2D eigenvalue weighted by molar-refractivity contribution is -0.119. The second kappa shape index (κ2) is 11.4. The first kappa shape index (κ1) is 24.1. The Morgan fingerprint density at radius 2 is 1.66 bits per heavy atom. The van der Waals surface area contributed by atoms with Gasteiger partial charge in [0.2, 0.25) is 5.91 Å². The molecule has 0 saturated carbocycles. The van der Waals surface area contributed by atoms with Crippen molar-refractivity contribution in [2.45, 2.75) is 18.0 Å². The highest BCUT2D eigenvalue weighted by Crippen LogP contribution is 2.34. The molecule has 3 aromatic carbocycles. The van der Waals surface area contributed by atoms with Crippen LogP contribution in [0.2, 0.25) is 0 Å². The molecule has 0 aliphatic rings. The van der Waals surface area contributed by atoms with Crippen molar-refractivity contribution in [1.82, 2.24) is 10.3 Å². The van der Waals surface area contributed by atoms with E-state index in [1.54, 1.807) is 7.11 Å². The lowest BCUT2D eigenvalue weighted by Gasteiger charge is -2.15. The van der Waals surface area contributed by atoms with E-state index in [1.165, 1.54) is 11.8 Å². The van der Waals surface area contributed by atoms with Crippen LogP contribution in [0.25, 0.3) is 22.4 Å². The Bertz CT molecular complexity index is 1330. The minimum Gasteiger partial charge on any atom is -0.497 e. The van der Waals surface area contributed by atoms with E-state index in [9.17, 15) is 10.1 Å². The molecule has 4 aromatic rings. The molecule has 1 aromatic heterocycles. The van der Waals surface area contributed by atoms with Crippen LogP contribution in [0.15, 0.2) is 96.0 Å². The van der Waals surface area contributed by atoms with Crippen LogP contribution in [0.5, 0.6) is 5.75 Å². The summed E-state index contributed by atoms with van der Waals surface area (Å²) in [5, 5.41) is 13.6. The zero-order valence-electron chi connectivity index (χ0n) is 19.6. The fourth-order valence-corrected chi connectivity index (χ4v) is 4.55. The highest BCUT2D eigenvalue weighted by atomic mass is 32.2. The van der Waals surface area contributed by atoms with Gasteiger partial charge in [0.25, 0.3) is 0 Å². The van der Waals surface area contributed by atoms with Crippen LogP contribution in [0, 0.1) is 11.3 Å². The van der Waals surface area contributed by atoms with E-state index in [0.29, 0.717) is 10.6 Å². The fraction of sp³-hybridized carbons (Fsp3) is 0.138. The first-order valence-electron chi connectivity index (χ1n) is 11.2. The number of hydrogen-bond acceptors (Lipinski definition) is 5. The van der Waals surface area contributed by atoms with Crippen molar-refractivity contribution >= 4 is 17.7 Å². The van der Waals surface area contributed by atoms with E-state index in [-0.39, 0.29) is 17.7 Å². The lowest BCUT2D eigenvalue weighted by atomic mass is 9.99. The molecule has 35 heavy (non-hydrogen) atoms. The van der Waals surface area contributed by atoms with Gasteiger partial charge in [-0.05, 0) is 36.2 Å². The van der Waals surface area contributed by atoms with Crippen LogP contribution in [-0.2, 0) is 4.79 Å². The first-order chi connectivity index (χ1) is 17.1. The third-order valence-corrected chi connectivity index (χ3v) is 6.56. The predicted molar refractivity (Wildman–Crippen MR) is 140 cm³/mol. The van der Waals surface area contributed by atoms with E-state index in [0.717, 1.165) is 33.7 Å². The maximum Gasteiger partial charge on any atom is 0.230 e. The number of amides is 1. The molecule has 0 saturated heterocycles. The quantitative estimate of drug-likeness (QED) is 0.302. The number of hydrogen-bond donors (Lipinski definition) is 1. The number of benzene rings is 3. The lowest BCUT2D eigenvalue weighted by Crippen LogP contribution is -2.28. The Balaban J connectivity index is 1.64. The number of carbonyl (C=O) groups excluding carboxylic acids is 1. The smallest absolute Gasteiger partial charge is 0.230 e. The number of nitrogens with one attached hydrogen (secondary N) is 1. The summed E-state index contributed by atoms with van der Waals surface area (Å²) >= 11 is 1.27. The van der Waals surface area contributed by atoms with Crippen molar-refractivity contribution in [3.05, 3.63) is 102 Å². The van der Waals surface area contributed by atoms with E-state index in [4.69, 9.17) is 9.72 Å². The van der Waals surface area contributed by atoms with Gasteiger partial charge >= 0.3 is 0 Å². The van der Waals surface area contributed by atoms with Crippen LogP contribution < -0.4 is 10.1 Å². The van der Waals surface area contributed by atoms with Gasteiger partial charge in [0, 0.05) is 11.1 Å². The Hall–Kier alpha value is -4.08. The molecule has 174 valence electrons. The summed E-state index contributed by atoms with van der Waals surface area (Å²) in [5.74, 6) is 0.774. The molecular formula is C29H25N3O2S. The first-order valence-corrected chi connectivity index (χ1v) is 12.2. The van der Waals surface area contributed by atoms with E-state index in [1.807, 2.05) is 97.9 Å². The molecule has 0 aliphatic heterocycles. The normalized spacial score (nSPS) is 11.3. The van der Waals surface area contributed by atoms with Gasteiger partial charge in [-0.3, -0.25) is 4.79 Å². The van der Waals surface area contributed by atoms with Gasteiger partial charge in [0.15, 0.2) is 0 Å².